The van der Waals surface area contributed by atoms with Gasteiger partial charge in [-0.2, -0.15) is 29.8 Å². The van der Waals surface area contributed by atoms with Crippen LogP contribution in [0.5, 0.6) is 0 Å². The number of nitrogens with zero attached hydrogens (tertiary/aromatic N) is 2. The molecular weight excluding hydrogens is 937 g/mol. The van der Waals surface area contributed by atoms with E-state index in [1.165, 1.54) is 12.1 Å². The van der Waals surface area contributed by atoms with Crippen molar-refractivity contribution in [2.24, 2.45) is 5.41 Å². The van der Waals surface area contributed by atoms with Crippen LogP contribution in [0.1, 0.15) is 109 Å². The Morgan fingerprint density at radius 3 is 2.07 bits per heavy atom. The Kier molecular flexibility index (Phi) is 16.9. The number of benzene rings is 2. The molecule has 0 saturated heterocycles. The Labute approximate surface area is 400 Å². The lowest BCUT2D eigenvalue weighted by molar-refractivity contribution is -0.438. The Balaban J connectivity index is 1.67. The van der Waals surface area contributed by atoms with Gasteiger partial charge < -0.3 is 20.6 Å². The summed E-state index contributed by atoms with van der Waals surface area (Å²) in [7, 11) is -13.3. The molecule has 1 atom stereocenters. The van der Waals surface area contributed by atoms with Crippen LogP contribution in [0.2, 0.25) is 0 Å². The smallest absolute Gasteiger partial charge is 0.303 e. The van der Waals surface area contributed by atoms with Gasteiger partial charge in [0.2, 0.25) is 17.5 Å². The van der Waals surface area contributed by atoms with Gasteiger partial charge in [-0.25, -0.2) is 0 Å². The predicted molar refractivity (Wildman–Crippen MR) is 260 cm³/mol. The van der Waals surface area contributed by atoms with E-state index in [1.807, 2.05) is 76.8 Å². The van der Waals surface area contributed by atoms with Crippen LogP contribution in [-0.4, -0.2) is 110 Å². The van der Waals surface area contributed by atoms with Crippen LogP contribution in [-0.2, 0) is 55.6 Å². The summed E-state index contributed by atoms with van der Waals surface area (Å²) < 4.78 is 103. The molecule has 68 heavy (non-hydrogen) atoms. The Morgan fingerprint density at radius 1 is 0.765 bits per heavy atom. The molecule has 2 aromatic rings. The largest absolute Gasteiger partial charge is 0.481 e. The predicted octanol–water partition coefficient (Wildman–Crippen LogP) is 6.33. The van der Waals surface area contributed by atoms with E-state index in [0.717, 1.165) is 46.8 Å². The molecule has 372 valence electrons. The highest BCUT2D eigenvalue weighted by atomic mass is 32.2. The minimum absolute atomic E-state index is 0.0455. The fourth-order valence-corrected chi connectivity index (χ4v) is 10.7. The molecule has 0 bridgehead atoms. The molecule has 6 N–H and O–H groups in total. The summed E-state index contributed by atoms with van der Waals surface area (Å²) in [5.41, 5.74) is 3.63. The molecule has 5 rings (SSSR count). The topological polar surface area (TPSA) is 265 Å². The van der Waals surface area contributed by atoms with Gasteiger partial charge in [0.15, 0.2) is 5.71 Å². The number of unbranched alkanes of at least 4 members (excludes halogenated alkanes) is 3. The van der Waals surface area contributed by atoms with E-state index < -0.39 is 82.4 Å². The van der Waals surface area contributed by atoms with Crippen molar-refractivity contribution >= 4 is 65.2 Å². The first-order chi connectivity index (χ1) is 31.6. The van der Waals surface area contributed by atoms with Gasteiger partial charge in [-0.15, -0.1) is 0 Å². The third-order valence-electron chi connectivity index (χ3n) is 12.9. The van der Waals surface area contributed by atoms with Gasteiger partial charge in [0.1, 0.15) is 12.0 Å². The number of aliphatic carboxylic acids is 1. The maximum absolute atomic E-state index is 14.7. The first kappa shape index (κ1) is 54.0. The Morgan fingerprint density at radius 2 is 1.44 bits per heavy atom. The zero-order valence-electron chi connectivity index (χ0n) is 39.5. The second-order valence-electron chi connectivity index (χ2n) is 18.9. The number of carboxylic acid groups (broad SMARTS) is 1. The van der Waals surface area contributed by atoms with Gasteiger partial charge in [0, 0.05) is 67.0 Å². The van der Waals surface area contributed by atoms with Crippen LogP contribution in [0.3, 0.4) is 0 Å². The normalized spacial score (nSPS) is 20.2. The fraction of sp³-hybridized carbons (Fsp3) is 0.500. The number of amides is 2. The van der Waals surface area contributed by atoms with Crippen molar-refractivity contribution in [3.05, 3.63) is 100 Å². The monoisotopic (exact) mass is 1000 g/mol. The number of fused-ring (bicyclic) bond motifs is 2. The molecule has 1 aliphatic carbocycles. The van der Waals surface area contributed by atoms with Crippen molar-refractivity contribution in [2.45, 2.75) is 115 Å². The number of carbonyl (C=O) groups is 3. The molecule has 2 aliphatic heterocycles. The molecule has 2 aromatic carbocycles. The van der Waals surface area contributed by atoms with Crippen molar-refractivity contribution < 1.29 is 63.0 Å². The molecule has 0 saturated carbocycles. The number of allylic oxidation sites excluding steroid dienone is 8. The third kappa shape index (κ3) is 13.0. The fourth-order valence-electron chi connectivity index (χ4n) is 9.33. The highest BCUT2D eigenvalue weighted by Gasteiger charge is 2.49. The van der Waals surface area contributed by atoms with E-state index in [2.05, 4.69) is 21.3 Å². The summed E-state index contributed by atoms with van der Waals surface area (Å²) in [6.07, 6.45) is 11.9. The van der Waals surface area contributed by atoms with Crippen LogP contribution >= 0.6 is 0 Å². The van der Waals surface area contributed by atoms with E-state index in [-0.39, 0.29) is 43.7 Å². The number of carboxylic acids is 1. The zero-order chi connectivity index (χ0) is 50.5. The van der Waals surface area contributed by atoms with Crippen molar-refractivity contribution in [1.29, 1.82) is 0 Å². The maximum Gasteiger partial charge on any atom is 0.303 e. The van der Waals surface area contributed by atoms with Crippen LogP contribution in [0, 0.1) is 12.3 Å². The molecule has 3 aliphatic rings. The number of anilines is 1. The SMILES string of the molecule is CCCC[N+]1=C(/C=C/C2=CC(=C/C=C3/N(CCCS(=O)(=O)O)c4ccc(C)cc4C3(C)C)/CC(C(=O)NCCCCCC(=O)O)(C(=O)NCCS(=O)(=O)O)C2)C(C)(C)c2cc(S(=O)(=O)O)ccc21. The third-order valence-corrected chi connectivity index (χ3v) is 15.3. The number of rotatable bonds is 22. The highest BCUT2D eigenvalue weighted by molar-refractivity contribution is 7.86. The molecular formula is C48H65N4O13S3+. The van der Waals surface area contributed by atoms with Gasteiger partial charge in [-0.05, 0) is 93.9 Å². The Bertz CT molecular complexity index is 2810. The van der Waals surface area contributed by atoms with Crippen molar-refractivity contribution in [3.8, 4) is 0 Å². The average Bonchev–Trinajstić information content (AvgIpc) is 3.57. The number of carbonyl (C=O) groups excluding carboxylic acids is 2. The zero-order valence-corrected chi connectivity index (χ0v) is 42.0. The molecule has 0 fully saturated rings. The van der Waals surface area contributed by atoms with Crippen LogP contribution in [0.25, 0.3) is 0 Å². The number of hydrogen-bond donors (Lipinski definition) is 6. The van der Waals surface area contributed by atoms with E-state index in [0.29, 0.717) is 42.5 Å². The molecule has 20 heteroatoms. The van der Waals surface area contributed by atoms with E-state index in [9.17, 15) is 53.3 Å². The summed E-state index contributed by atoms with van der Waals surface area (Å²) in [6, 6.07) is 10.4. The second-order valence-corrected chi connectivity index (χ2v) is 23.5. The molecule has 1 unspecified atom stereocenters. The summed E-state index contributed by atoms with van der Waals surface area (Å²) in [5, 5.41) is 14.6. The summed E-state index contributed by atoms with van der Waals surface area (Å²) >= 11 is 0. The quantitative estimate of drug-likeness (QED) is 0.0326. The lowest BCUT2D eigenvalue weighted by atomic mass is 9.70. The molecule has 0 radical (unpaired) electrons. The maximum atomic E-state index is 14.7. The minimum Gasteiger partial charge on any atom is -0.481 e. The first-order valence-electron chi connectivity index (χ1n) is 22.7. The standard InChI is InChI=1S/C48H64N4O13S3/c1-7-8-24-51-40-19-17-36(68(63,64)65)30-38(40)47(5,6)42(51)21-16-35-29-34(15-20-41-46(3,4)37-28-33(2)14-18-39(37)52(41)25-12-26-66(57,58)59)31-48(32-35,45(56)50-23-27-67(60,61)62)44(55)49-22-11-9-10-13-43(53)54/h14-21,28-30H,7-13,22-27,31-32H2,1-6H3,(H5-,49,50,53,54,55,56,57,58,59,60,61,62,63,64,65)/p+1. The molecule has 2 heterocycles. The number of aryl methyl sites for hydroxylation is 1. The van der Waals surface area contributed by atoms with Crippen molar-refractivity contribution in [3.63, 3.8) is 0 Å². The molecule has 0 spiro atoms. The summed E-state index contributed by atoms with van der Waals surface area (Å²) in [5.74, 6) is -3.65. The Hall–Kier alpha value is -4.99. The molecule has 17 nitrogen and oxygen atoms in total. The van der Waals surface area contributed by atoms with Gasteiger partial charge in [-0.1, -0.05) is 69.5 Å². The van der Waals surface area contributed by atoms with Crippen LogP contribution in [0.15, 0.2) is 88.5 Å². The van der Waals surface area contributed by atoms with Crippen LogP contribution < -0.4 is 15.5 Å². The summed E-state index contributed by atoms with van der Waals surface area (Å²) in [4.78, 5) is 42.1. The molecule has 0 aromatic heterocycles. The lowest BCUT2D eigenvalue weighted by Crippen LogP contribution is -2.53. The van der Waals surface area contributed by atoms with Crippen LogP contribution in [0.4, 0.5) is 11.4 Å². The first-order valence-corrected chi connectivity index (χ1v) is 27.4. The highest BCUT2D eigenvalue weighted by Crippen LogP contribution is 2.49. The number of nitrogens with one attached hydrogen (secondary N) is 2. The van der Waals surface area contributed by atoms with E-state index >= 15 is 0 Å². The molecule has 2 amide bonds. The number of hydrogen-bond acceptors (Lipinski definition) is 10. The minimum atomic E-state index is -4.52. The summed E-state index contributed by atoms with van der Waals surface area (Å²) in [6.45, 7) is 12.4. The van der Waals surface area contributed by atoms with Crippen molar-refractivity contribution in [1.82, 2.24) is 10.6 Å². The van der Waals surface area contributed by atoms with E-state index in [1.54, 1.807) is 18.2 Å². The van der Waals surface area contributed by atoms with Gasteiger partial charge in [-0.3, -0.25) is 28.0 Å². The second kappa shape index (κ2) is 21.3. The van der Waals surface area contributed by atoms with Gasteiger partial charge in [0.05, 0.1) is 21.8 Å². The average molecular weight is 1000 g/mol. The lowest BCUT2D eigenvalue weighted by Gasteiger charge is -2.35. The van der Waals surface area contributed by atoms with E-state index in [4.69, 9.17) is 5.11 Å². The van der Waals surface area contributed by atoms with Gasteiger partial charge in [0.25, 0.3) is 30.4 Å². The van der Waals surface area contributed by atoms with Gasteiger partial charge >= 0.3 is 5.97 Å². The van der Waals surface area contributed by atoms with Crippen molar-refractivity contribution in [2.75, 3.05) is 42.6 Å².